The Bertz CT molecular complexity index is 195. The lowest BCUT2D eigenvalue weighted by Gasteiger charge is -2.32. The third kappa shape index (κ3) is 4.99. The zero-order valence-electron chi connectivity index (χ0n) is 12.9. The van der Waals surface area contributed by atoms with Gasteiger partial charge in [-0.1, -0.05) is 54.4 Å². The molecule has 1 saturated heterocycles. The molecular weight excluding hydrogens is 206 g/mol. The van der Waals surface area contributed by atoms with Gasteiger partial charge in [-0.25, -0.2) is 0 Å². The van der Waals surface area contributed by atoms with E-state index in [1.807, 2.05) is 0 Å². The monoisotopic (exact) mass is 239 g/mol. The molecule has 0 bridgehead atoms. The fourth-order valence-electron chi connectivity index (χ4n) is 2.90. The topological polar surface area (TPSA) is 12.0 Å². The molecule has 1 heterocycles. The molecule has 0 spiro atoms. The quantitative estimate of drug-likeness (QED) is 0.657. The molecule has 0 aromatic carbocycles. The molecule has 0 aliphatic carbocycles. The van der Waals surface area contributed by atoms with Crippen LogP contribution < -0.4 is 5.32 Å². The van der Waals surface area contributed by atoms with Crippen LogP contribution >= 0.6 is 0 Å². The Balaban J connectivity index is 2.56. The zero-order chi connectivity index (χ0) is 13.1. The molecule has 1 N–H and O–H groups in total. The van der Waals surface area contributed by atoms with Crippen LogP contribution in [0, 0.1) is 22.7 Å². The summed E-state index contributed by atoms with van der Waals surface area (Å²) < 4.78 is 0. The van der Waals surface area contributed by atoms with Gasteiger partial charge in [0.15, 0.2) is 0 Å². The highest BCUT2D eigenvalue weighted by Crippen LogP contribution is 2.34. The van der Waals surface area contributed by atoms with E-state index in [1.54, 1.807) is 0 Å². The van der Waals surface area contributed by atoms with Gasteiger partial charge in [-0.2, -0.15) is 0 Å². The number of hydrogen-bond donors (Lipinski definition) is 1. The summed E-state index contributed by atoms with van der Waals surface area (Å²) in [5.41, 5.74) is 0.906. The summed E-state index contributed by atoms with van der Waals surface area (Å²) in [6.07, 6.45) is 5.62. The van der Waals surface area contributed by atoms with Crippen LogP contribution in [0.5, 0.6) is 0 Å². The van der Waals surface area contributed by atoms with Crippen LogP contribution in [-0.2, 0) is 0 Å². The van der Waals surface area contributed by atoms with Gasteiger partial charge in [-0.15, -0.1) is 0 Å². The lowest BCUT2D eigenvalue weighted by Crippen LogP contribution is -2.36. The predicted octanol–water partition coefficient (Wildman–Crippen LogP) is 4.47. The molecule has 2 unspecified atom stereocenters. The predicted molar refractivity (Wildman–Crippen MR) is 77.2 cm³/mol. The van der Waals surface area contributed by atoms with Crippen molar-refractivity contribution in [2.45, 2.75) is 67.2 Å². The van der Waals surface area contributed by atoms with Gasteiger partial charge >= 0.3 is 0 Å². The van der Waals surface area contributed by atoms with E-state index in [1.165, 1.54) is 38.8 Å². The molecule has 17 heavy (non-hydrogen) atoms. The van der Waals surface area contributed by atoms with Gasteiger partial charge in [0.25, 0.3) is 0 Å². The van der Waals surface area contributed by atoms with Gasteiger partial charge in [0.05, 0.1) is 0 Å². The highest BCUT2D eigenvalue weighted by molar-refractivity contribution is 4.81. The first-order valence-corrected chi connectivity index (χ1v) is 7.42. The largest absolute Gasteiger partial charge is 0.316 e. The lowest BCUT2D eigenvalue weighted by atomic mass is 9.77. The third-order valence-corrected chi connectivity index (χ3v) is 4.59. The Labute approximate surface area is 109 Å². The molecule has 1 nitrogen and oxygen atoms in total. The van der Waals surface area contributed by atoms with Gasteiger partial charge in [0, 0.05) is 0 Å². The van der Waals surface area contributed by atoms with Crippen molar-refractivity contribution in [2.24, 2.45) is 22.7 Å². The minimum Gasteiger partial charge on any atom is -0.316 e. The minimum absolute atomic E-state index is 0.453. The van der Waals surface area contributed by atoms with E-state index in [0.29, 0.717) is 10.8 Å². The van der Waals surface area contributed by atoms with Gasteiger partial charge in [-0.3, -0.25) is 0 Å². The van der Waals surface area contributed by atoms with Crippen molar-refractivity contribution in [1.29, 1.82) is 0 Å². The first-order chi connectivity index (χ1) is 7.71. The molecular formula is C16H33N. The first kappa shape index (κ1) is 15.0. The summed E-state index contributed by atoms with van der Waals surface area (Å²) in [6.45, 7) is 16.7. The molecule has 1 fully saturated rings. The number of rotatable bonds is 0. The maximum absolute atomic E-state index is 3.74. The van der Waals surface area contributed by atoms with Crippen LogP contribution in [0.25, 0.3) is 0 Å². The zero-order valence-corrected chi connectivity index (χ0v) is 12.9. The van der Waals surface area contributed by atoms with Crippen molar-refractivity contribution in [2.75, 3.05) is 13.1 Å². The van der Waals surface area contributed by atoms with Gasteiger partial charge in [0.1, 0.15) is 0 Å². The number of hydrogen-bond acceptors (Lipinski definition) is 1. The van der Waals surface area contributed by atoms with Crippen LogP contribution in [0.3, 0.4) is 0 Å². The molecule has 1 rings (SSSR count). The highest BCUT2D eigenvalue weighted by atomic mass is 14.9. The third-order valence-electron chi connectivity index (χ3n) is 4.59. The summed E-state index contributed by atoms with van der Waals surface area (Å²) in [5, 5.41) is 3.74. The fourth-order valence-corrected chi connectivity index (χ4v) is 2.90. The Morgan fingerprint density at radius 1 is 0.706 bits per heavy atom. The molecule has 1 heteroatoms. The van der Waals surface area contributed by atoms with E-state index in [0.717, 1.165) is 11.8 Å². The Morgan fingerprint density at radius 2 is 1.06 bits per heavy atom. The molecule has 0 saturated carbocycles. The standard InChI is InChI=1S/C16H33N/c1-15(2,3)13-9-7-8-10-14(12-17-11-13)16(4,5)6/h13-14,17H,7-12H2,1-6H3. The molecule has 2 atom stereocenters. The normalized spacial score (nSPS) is 29.3. The van der Waals surface area contributed by atoms with Crippen molar-refractivity contribution >= 4 is 0 Å². The minimum atomic E-state index is 0.453. The maximum atomic E-state index is 3.74. The average Bonchev–Trinajstić information content (AvgIpc) is 2.25. The van der Waals surface area contributed by atoms with E-state index in [2.05, 4.69) is 46.9 Å². The van der Waals surface area contributed by atoms with Crippen molar-refractivity contribution in [3.8, 4) is 0 Å². The maximum Gasteiger partial charge on any atom is -0.00154 e. The number of nitrogens with one attached hydrogen (secondary N) is 1. The second kappa shape index (κ2) is 5.73. The van der Waals surface area contributed by atoms with E-state index in [9.17, 15) is 0 Å². The van der Waals surface area contributed by atoms with Crippen LogP contribution in [0.4, 0.5) is 0 Å². The van der Waals surface area contributed by atoms with Crippen LogP contribution in [-0.4, -0.2) is 13.1 Å². The second-order valence-corrected chi connectivity index (χ2v) is 8.07. The average molecular weight is 239 g/mol. The van der Waals surface area contributed by atoms with Crippen molar-refractivity contribution in [1.82, 2.24) is 5.32 Å². The van der Waals surface area contributed by atoms with Crippen LogP contribution in [0.1, 0.15) is 67.2 Å². The Morgan fingerprint density at radius 3 is 1.35 bits per heavy atom. The van der Waals surface area contributed by atoms with Crippen LogP contribution in [0.15, 0.2) is 0 Å². The summed E-state index contributed by atoms with van der Waals surface area (Å²) in [5.74, 6) is 1.67. The van der Waals surface area contributed by atoms with Gasteiger partial charge in [-0.05, 0) is 48.6 Å². The Kier molecular flexibility index (Phi) is 5.07. The first-order valence-electron chi connectivity index (χ1n) is 7.42. The summed E-state index contributed by atoms with van der Waals surface area (Å²) in [4.78, 5) is 0. The van der Waals surface area contributed by atoms with E-state index >= 15 is 0 Å². The SMILES string of the molecule is CC(C)(C)C1CCCCC(C(C)(C)C)CNC1. The molecule has 0 radical (unpaired) electrons. The van der Waals surface area contributed by atoms with Crippen molar-refractivity contribution in [3.05, 3.63) is 0 Å². The fraction of sp³-hybridized carbons (Fsp3) is 1.00. The molecule has 0 aromatic heterocycles. The summed E-state index contributed by atoms with van der Waals surface area (Å²) in [7, 11) is 0. The highest BCUT2D eigenvalue weighted by Gasteiger charge is 2.28. The molecule has 1 aliphatic rings. The van der Waals surface area contributed by atoms with Crippen LogP contribution in [0.2, 0.25) is 0 Å². The molecule has 102 valence electrons. The lowest BCUT2D eigenvalue weighted by molar-refractivity contribution is 0.204. The van der Waals surface area contributed by atoms with E-state index in [-0.39, 0.29) is 0 Å². The molecule has 0 amide bonds. The summed E-state index contributed by atoms with van der Waals surface area (Å²) in [6, 6.07) is 0. The van der Waals surface area contributed by atoms with Gasteiger partial charge < -0.3 is 5.32 Å². The van der Waals surface area contributed by atoms with E-state index < -0.39 is 0 Å². The van der Waals surface area contributed by atoms with Crippen molar-refractivity contribution < 1.29 is 0 Å². The Hall–Kier alpha value is -0.0400. The van der Waals surface area contributed by atoms with E-state index in [4.69, 9.17) is 0 Å². The smallest absolute Gasteiger partial charge is 0.00154 e. The second-order valence-electron chi connectivity index (χ2n) is 8.07. The van der Waals surface area contributed by atoms with Gasteiger partial charge in [0.2, 0.25) is 0 Å². The molecule has 1 aliphatic heterocycles. The van der Waals surface area contributed by atoms with Crippen molar-refractivity contribution in [3.63, 3.8) is 0 Å². The summed E-state index contributed by atoms with van der Waals surface area (Å²) >= 11 is 0. The molecule has 0 aromatic rings.